The second kappa shape index (κ2) is 15.8. The van der Waals surface area contributed by atoms with E-state index in [0.29, 0.717) is 19.3 Å². The number of rotatable bonds is 7. The largest absolute Gasteiger partial charge is 0.469 e. The van der Waals surface area contributed by atoms with Crippen molar-refractivity contribution in [3.63, 3.8) is 0 Å². The molecule has 19 atom stereocenters. The highest BCUT2D eigenvalue weighted by Crippen LogP contribution is 2.75. The Morgan fingerprint density at radius 3 is 1.93 bits per heavy atom. The summed E-state index contributed by atoms with van der Waals surface area (Å²) in [4.78, 5) is 53.3. The van der Waals surface area contributed by atoms with E-state index in [1.807, 2.05) is 23.9 Å². The van der Waals surface area contributed by atoms with E-state index in [0.717, 1.165) is 38.5 Å². The van der Waals surface area contributed by atoms with Crippen LogP contribution in [0.1, 0.15) is 106 Å². The maximum atomic E-state index is 15.0. The number of aliphatic hydroxyl groups excluding tert-OH is 5. The number of esters is 1. The average molecular weight is 865 g/mol. The minimum atomic E-state index is -1.95. The Labute approximate surface area is 356 Å². The lowest BCUT2D eigenvalue weighted by Gasteiger charge is -2.70. The van der Waals surface area contributed by atoms with Crippen LogP contribution in [0.3, 0.4) is 0 Å². The molecule has 5 aliphatic carbocycles. The number of amides is 2. The number of nitrogens with two attached hydrogens (primary N) is 2. The zero-order chi connectivity index (χ0) is 45.0. The number of ether oxygens (including phenoxy) is 5. The van der Waals surface area contributed by atoms with Crippen molar-refractivity contribution >= 4 is 23.6 Å². The summed E-state index contributed by atoms with van der Waals surface area (Å²) in [6.45, 7) is 15.3. The van der Waals surface area contributed by atoms with Crippen molar-refractivity contribution in [2.24, 2.45) is 61.9 Å². The number of aliphatic hydroxyl groups is 5. The maximum Gasteiger partial charge on any atom is 0.311 e. The van der Waals surface area contributed by atoms with Gasteiger partial charge in [-0.25, -0.2) is 11.7 Å². The van der Waals surface area contributed by atoms with Crippen molar-refractivity contribution in [2.45, 2.75) is 174 Å². The minimum Gasteiger partial charge on any atom is -0.469 e. The number of allylic oxidation sites excluding steroid dienone is 2. The predicted octanol–water partition coefficient (Wildman–Crippen LogP) is 0.145. The number of carbonyl (C=O) groups is 4. The summed E-state index contributed by atoms with van der Waals surface area (Å²) < 4.78 is 29.5. The number of fused-ring (bicyclic) bond motifs is 7. The summed E-state index contributed by atoms with van der Waals surface area (Å²) in [5.41, 5.74) is 2.47. The molecule has 2 saturated heterocycles. The number of methoxy groups -OCH3 is 1. The molecule has 4 unspecified atom stereocenters. The number of hydrazine groups is 2. The fourth-order valence-corrected chi connectivity index (χ4v) is 13.8. The first-order chi connectivity index (χ1) is 28.4. The molecule has 2 heterocycles. The molecular formula is C43H68N4O14. The molecule has 2 amide bonds. The summed E-state index contributed by atoms with van der Waals surface area (Å²) in [5, 5.41) is 54.4. The van der Waals surface area contributed by atoms with Crippen molar-refractivity contribution in [2.75, 3.05) is 7.11 Å². The van der Waals surface area contributed by atoms with Crippen molar-refractivity contribution < 1.29 is 68.4 Å². The van der Waals surface area contributed by atoms with Crippen LogP contribution < -0.4 is 22.5 Å². The molecule has 7 rings (SSSR count). The summed E-state index contributed by atoms with van der Waals surface area (Å²) >= 11 is 0. The Morgan fingerprint density at radius 2 is 1.33 bits per heavy atom. The fourth-order valence-electron chi connectivity index (χ4n) is 13.8. The van der Waals surface area contributed by atoms with Crippen LogP contribution in [0, 0.1) is 50.2 Å². The third-order valence-electron chi connectivity index (χ3n) is 17.7. The van der Waals surface area contributed by atoms with Gasteiger partial charge in [-0.15, -0.1) is 0 Å². The first kappa shape index (κ1) is 46.4. The van der Waals surface area contributed by atoms with Crippen LogP contribution in [0.25, 0.3) is 0 Å². The normalized spacial score (nSPS) is 50.4. The third-order valence-corrected chi connectivity index (χ3v) is 17.7. The third kappa shape index (κ3) is 6.93. The van der Waals surface area contributed by atoms with Gasteiger partial charge in [0.1, 0.15) is 36.6 Å². The van der Waals surface area contributed by atoms with E-state index >= 15 is 0 Å². The Morgan fingerprint density at radius 1 is 0.738 bits per heavy atom. The minimum absolute atomic E-state index is 0.0276. The Bertz CT molecular complexity index is 1800. The number of ketones is 1. The molecular weight excluding hydrogens is 796 g/mol. The maximum absolute atomic E-state index is 15.0. The molecule has 0 aromatic heterocycles. The van der Waals surface area contributed by atoms with Crippen LogP contribution in [0.5, 0.6) is 0 Å². The highest BCUT2D eigenvalue weighted by molar-refractivity contribution is 5.95. The second-order valence-electron chi connectivity index (χ2n) is 21.2. The number of hydrogen-bond donors (Lipinski definition) is 9. The molecule has 11 N–H and O–H groups in total. The van der Waals surface area contributed by atoms with Gasteiger partial charge in [-0.05, 0) is 110 Å². The summed E-state index contributed by atoms with van der Waals surface area (Å²) in [6, 6.07) is 0. The monoisotopic (exact) mass is 864 g/mol. The van der Waals surface area contributed by atoms with Crippen molar-refractivity contribution in [3.8, 4) is 0 Å². The highest BCUT2D eigenvalue weighted by atomic mass is 16.8. The van der Waals surface area contributed by atoms with E-state index in [4.69, 9.17) is 35.4 Å². The van der Waals surface area contributed by atoms with Gasteiger partial charge in [-0.3, -0.25) is 30.0 Å². The molecule has 0 aromatic rings. The Hall–Kier alpha value is -2.62. The van der Waals surface area contributed by atoms with Gasteiger partial charge >= 0.3 is 5.97 Å². The summed E-state index contributed by atoms with van der Waals surface area (Å²) in [5.74, 6) is 8.27. The van der Waals surface area contributed by atoms with Crippen LogP contribution in [-0.4, -0.2) is 124 Å². The van der Waals surface area contributed by atoms with Gasteiger partial charge in [0.2, 0.25) is 0 Å². The van der Waals surface area contributed by atoms with Crippen LogP contribution in [0.4, 0.5) is 0 Å². The van der Waals surface area contributed by atoms with E-state index in [-0.39, 0.29) is 45.8 Å². The molecule has 344 valence electrons. The Balaban J connectivity index is 1.18. The predicted molar refractivity (Wildman–Crippen MR) is 213 cm³/mol. The van der Waals surface area contributed by atoms with Gasteiger partial charge in [-0.1, -0.05) is 47.1 Å². The first-order valence-corrected chi connectivity index (χ1v) is 21.8. The Kier molecular flexibility index (Phi) is 12.0. The molecule has 0 bridgehead atoms. The van der Waals surface area contributed by atoms with Gasteiger partial charge in [0.15, 0.2) is 30.6 Å². The smallest absolute Gasteiger partial charge is 0.311 e. The van der Waals surface area contributed by atoms with Crippen LogP contribution in [0.15, 0.2) is 11.6 Å². The van der Waals surface area contributed by atoms with E-state index in [2.05, 4.69) is 41.5 Å². The molecule has 0 aromatic carbocycles. The quantitative estimate of drug-likeness (QED) is 0.0541. The van der Waals surface area contributed by atoms with E-state index in [1.54, 1.807) is 0 Å². The summed E-state index contributed by atoms with van der Waals surface area (Å²) in [7, 11) is 1.44. The first-order valence-electron chi connectivity index (χ1n) is 21.8. The summed E-state index contributed by atoms with van der Waals surface area (Å²) in [6.07, 6.45) is -10.2. The average Bonchev–Trinajstić information content (AvgIpc) is 3.21. The molecule has 6 fully saturated rings. The molecule has 61 heavy (non-hydrogen) atoms. The lowest BCUT2D eigenvalue weighted by Crippen LogP contribution is -2.68. The second-order valence-corrected chi connectivity index (χ2v) is 21.2. The number of hydrogen-bond acceptors (Lipinski definition) is 16. The van der Waals surface area contributed by atoms with Crippen LogP contribution in [0.2, 0.25) is 0 Å². The SMILES string of the molecule is COC(=O)[C@@]1(C)CC[C@]2(C)CC[C@]3(C)C(=CC(=O)C4[C@@]5(C)CCC(O[C@@H]6O[C@H](C(=O)NN)[C@@H](O)[C@H](O)[C@H]6O[C@@H]6O[C@H](C(=O)NN)[C@@H](O)[C@H](O)[C@H]6O)C(C)(C)C5CC[C@]43C)C2C1. The molecule has 18 heteroatoms. The molecule has 0 radical (unpaired) electrons. The van der Waals surface area contributed by atoms with E-state index in [9.17, 15) is 44.7 Å². The van der Waals surface area contributed by atoms with Crippen molar-refractivity contribution in [1.82, 2.24) is 10.9 Å². The zero-order valence-electron chi connectivity index (χ0n) is 36.6. The number of carbonyl (C=O) groups excluding carboxylic acids is 4. The van der Waals surface area contributed by atoms with E-state index in [1.165, 1.54) is 12.7 Å². The molecule has 18 nitrogen and oxygen atoms in total. The van der Waals surface area contributed by atoms with Gasteiger partial charge in [-0.2, -0.15) is 0 Å². The molecule has 7 aliphatic rings. The fraction of sp³-hybridized carbons (Fsp3) is 0.860. The lowest BCUT2D eigenvalue weighted by atomic mass is 9.33. The topological polar surface area (TPSA) is 292 Å². The van der Waals surface area contributed by atoms with Gasteiger partial charge in [0.25, 0.3) is 11.8 Å². The molecule has 0 spiro atoms. The van der Waals surface area contributed by atoms with Gasteiger partial charge in [0.05, 0.1) is 18.6 Å². The standard InChI is InChI=1S/C43H68N4O14/c1-38(2)22-9-12-43(7)32(21(48)17-19-20-18-40(4,37(56)57-8)14-13-39(20,3)15-16-42(19,43)6)41(22,5)11-10-23(38)58-36-31(27(52)26(51)30(60-36)34(55)47-45)61-35-28(53)24(49)25(50)29(59-35)33(54)46-44/h17,20,22-32,35-36,49-53H,9-16,18,44-45H2,1-8H3,(H,46,54)(H,47,55)/t20?,22?,23?,24-,25-,26-,27-,28+,29-,30-,31+,32?,35-,36+,39+,40-,41-,42+,43+/m0/s1. The van der Waals surface area contributed by atoms with Gasteiger partial charge in [0, 0.05) is 5.92 Å². The molecule has 2 aliphatic heterocycles. The number of nitrogens with one attached hydrogen (secondary N) is 2. The van der Waals surface area contributed by atoms with E-state index < -0.39 is 95.6 Å². The van der Waals surface area contributed by atoms with Crippen LogP contribution in [-0.2, 0) is 42.9 Å². The van der Waals surface area contributed by atoms with Crippen LogP contribution >= 0.6 is 0 Å². The highest BCUT2D eigenvalue weighted by Gasteiger charge is 2.71. The van der Waals surface area contributed by atoms with Gasteiger partial charge < -0.3 is 49.2 Å². The lowest BCUT2D eigenvalue weighted by molar-refractivity contribution is -0.369. The molecule has 4 saturated carbocycles. The van der Waals surface area contributed by atoms with Crippen molar-refractivity contribution in [1.29, 1.82) is 0 Å². The van der Waals surface area contributed by atoms with Crippen molar-refractivity contribution in [3.05, 3.63) is 11.6 Å². The zero-order valence-corrected chi connectivity index (χ0v) is 36.6.